The number of aromatic hydroxyl groups is 1. The highest BCUT2D eigenvalue weighted by Crippen LogP contribution is 2.14. The molecule has 1 aromatic rings. The van der Waals surface area contributed by atoms with Crippen LogP contribution < -0.4 is 5.46 Å². The summed E-state index contributed by atoms with van der Waals surface area (Å²) in [5.41, 5.74) is 1.61. The van der Waals surface area contributed by atoms with E-state index in [1.807, 2.05) is 6.07 Å². The summed E-state index contributed by atoms with van der Waals surface area (Å²) in [5, 5.41) is 9.10. The first-order valence-corrected chi connectivity index (χ1v) is 3.69. The van der Waals surface area contributed by atoms with Gasteiger partial charge in [-0.25, -0.2) is 0 Å². The Labute approximate surface area is 68.5 Å². The number of hydrogen-bond donors (Lipinski definition) is 1. The Hall–Kier alpha value is -0.915. The predicted molar refractivity (Wildman–Crippen MR) is 47.6 cm³/mol. The van der Waals surface area contributed by atoms with Crippen molar-refractivity contribution in [2.75, 3.05) is 0 Å². The Bertz CT molecular complexity index is 256. The number of hydrogen-bond acceptors (Lipinski definition) is 1. The maximum Gasteiger partial charge on any atom is 0.119 e. The van der Waals surface area contributed by atoms with Gasteiger partial charge in [-0.1, -0.05) is 31.4 Å². The van der Waals surface area contributed by atoms with Gasteiger partial charge in [-0.2, -0.15) is 0 Å². The summed E-state index contributed by atoms with van der Waals surface area (Å²) >= 11 is 0. The third kappa shape index (κ3) is 1.76. The fourth-order valence-electron chi connectivity index (χ4n) is 0.932. The van der Waals surface area contributed by atoms with Gasteiger partial charge in [0.05, 0.1) is 0 Å². The SMILES string of the molecule is [B]c1cc(C(C)C)ccc1O. The molecule has 0 saturated heterocycles. The van der Waals surface area contributed by atoms with Gasteiger partial charge in [0.1, 0.15) is 13.6 Å². The van der Waals surface area contributed by atoms with Gasteiger partial charge < -0.3 is 5.11 Å². The summed E-state index contributed by atoms with van der Waals surface area (Å²) in [7, 11) is 5.51. The van der Waals surface area contributed by atoms with Crippen molar-refractivity contribution in [3.05, 3.63) is 23.8 Å². The Morgan fingerprint density at radius 2 is 2.00 bits per heavy atom. The third-order valence-corrected chi connectivity index (χ3v) is 1.72. The molecule has 0 aliphatic carbocycles. The van der Waals surface area contributed by atoms with Crippen LogP contribution in [0.3, 0.4) is 0 Å². The highest BCUT2D eigenvalue weighted by molar-refractivity contribution is 6.34. The van der Waals surface area contributed by atoms with E-state index in [2.05, 4.69) is 13.8 Å². The highest BCUT2D eigenvalue weighted by Gasteiger charge is 2.00. The van der Waals surface area contributed by atoms with Crippen LogP contribution in [0.25, 0.3) is 0 Å². The lowest BCUT2D eigenvalue weighted by Gasteiger charge is -2.06. The molecule has 1 N–H and O–H groups in total. The monoisotopic (exact) mass is 146 g/mol. The Morgan fingerprint density at radius 3 is 2.45 bits per heavy atom. The van der Waals surface area contributed by atoms with E-state index in [0.29, 0.717) is 11.4 Å². The third-order valence-electron chi connectivity index (χ3n) is 1.72. The largest absolute Gasteiger partial charge is 0.509 e. The van der Waals surface area contributed by atoms with Crippen LogP contribution in [0.2, 0.25) is 0 Å². The minimum atomic E-state index is 0.161. The Kier molecular flexibility index (Phi) is 2.23. The molecule has 0 aliphatic heterocycles. The molecule has 1 aromatic carbocycles. The summed E-state index contributed by atoms with van der Waals surface area (Å²) in [5.74, 6) is 0.618. The normalized spacial score (nSPS) is 10.5. The van der Waals surface area contributed by atoms with Crippen LogP contribution in [-0.4, -0.2) is 13.0 Å². The van der Waals surface area contributed by atoms with Crippen LogP contribution in [0.15, 0.2) is 18.2 Å². The van der Waals surface area contributed by atoms with Gasteiger partial charge in [-0.15, -0.1) is 0 Å². The van der Waals surface area contributed by atoms with Gasteiger partial charge >= 0.3 is 0 Å². The zero-order valence-corrected chi connectivity index (χ0v) is 6.83. The second-order valence-electron chi connectivity index (χ2n) is 2.97. The van der Waals surface area contributed by atoms with Crippen molar-refractivity contribution < 1.29 is 5.11 Å². The standard InChI is InChI=1S/C9H11BO/c1-6(2)7-3-4-9(11)8(10)5-7/h3-6,11H,1-2H3. The fraction of sp³-hybridized carbons (Fsp3) is 0.333. The Balaban J connectivity index is 3.05. The van der Waals surface area contributed by atoms with E-state index in [-0.39, 0.29) is 5.75 Å². The molecular formula is C9H11BO. The number of rotatable bonds is 1. The van der Waals surface area contributed by atoms with Crippen molar-refractivity contribution in [2.45, 2.75) is 19.8 Å². The first-order chi connectivity index (χ1) is 5.11. The highest BCUT2D eigenvalue weighted by atomic mass is 16.3. The van der Waals surface area contributed by atoms with Crippen LogP contribution in [0, 0.1) is 0 Å². The smallest absolute Gasteiger partial charge is 0.119 e. The number of benzene rings is 1. The van der Waals surface area contributed by atoms with Gasteiger partial charge in [0.15, 0.2) is 0 Å². The molecular weight excluding hydrogens is 135 g/mol. The summed E-state index contributed by atoms with van der Waals surface area (Å²) in [6.07, 6.45) is 0. The lowest BCUT2D eigenvalue weighted by Crippen LogP contribution is -2.04. The first kappa shape index (κ1) is 8.18. The molecule has 0 heterocycles. The lowest BCUT2D eigenvalue weighted by atomic mass is 9.90. The van der Waals surface area contributed by atoms with Gasteiger partial charge in [-0.3, -0.25) is 0 Å². The summed E-state index contributed by atoms with van der Waals surface area (Å²) in [6.45, 7) is 4.18. The molecule has 0 bridgehead atoms. The number of phenolic OH excluding ortho intramolecular Hbond substituents is 1. The van der Waals surface area contributed by atoms with E-state index >= 15 is 0 Å². The van der Waals surface area contributed by atoms with Crippen molar-refractivity contribution in [2.24, 2.45) is 0 Å². The van der Waals surface area contributed by atoms with Gasteiger partial charge in [0, 0.05) is 0 Å². The van der Waals surface area contributed by atoms with Crippen molar-refractivity contribution >= 4 is 13.3 Å². The summed E-state index contributed by atoms with van der Waals surface area (Å²) < 4.78 is 0. The van der Waals surface area contributed by atoms with E-state index < -0.39 is 0 Å². The van der Waals surface area contributed by atoms with Crippen LogP contribution in [0.1, 0.15) is 25.3 Å². The molecule has 0 spiro atoms. The van der Waals surface area contributed by atoms with E-state index in [1.54, 1.807) is 12.1 Å². The zero-order chi connectivity index (χ0) is 8.43. The van der Waals surface area contributed by atoms with Crippen molar-refractivity contribution in [3.63, 3.8) is 0 Å². The molecule has 2 radical (unpaired) electrons. The Morgan fingerprint density at radius 1 is 1.36 bits per heavy atom. The summed E-state index contributed by atoms with van der Waals surface area (Å²) in [4.78, 5) is 0. The maximum absolute atomic E-state index is 9.10. The first-order valence-electron chi connectivity index (χ1n) is 3.69. The molecule has 0 aliphatic rings. The zero-order valence-electron chi connectivity index (χ0n) is 6.83. The molecule has 0 fully saturated rings. The minimum Gasteiger partial charge on any atom is -0.509 e. The minimum absolute atomic E-state index is 0.161. The van der Waals surface area contributed by atoms with Gasteiger partial charge in [0.2, 0.25) is 0 Å². The van der Waals surface area contributed by atoms with Crippen LogP contribution in [0.4, 0.5) is 0 Å². The maximum atomic E-state index is 9.10. The molecule has 0 saturated carbocycles. The van der Waals surface area contributed by atoms with E-state index in [1.165, 1.54) is 0 Å². The second-order valence-corrected chi connectivity index (χ2v) is 2.97. The van der Waals surface area contributed by atoms with Crippen LogP contribution >= 0.6 is 0 Å². The van der Waals surface area contributed by atoms with Gasteiger partial charge in [0.25, 0.3) is 0 Å². The molecule has 56 valence electrons. The predicted octanol–water partition coefficient (Wildman–Crippen LogP) is 1.31. The van der Waals surface area contributed by atoms with Gasteiger partial charge in [-0.05, 0) is 17.5 Å². The lowest BCUT2D eigenvalue weighted by molar-refractivity contribution is 0.479. The molecule has 0 aromatic heterocycles. The average molecular weight is 146 g/mol. The van der Waals surface area contributed by atoms with E-state index in [0.717, 1.165) is 5.56 Å². The second kappa shape index (κ2) is 2.99. The quantitative estimate of drug-likeness (QED) is 0.592. The molecule has 0 amide bonds. The molecule has 0 unspecified atom stereocenters. The average Bonchev–Trinajstić information content (AvgIpc) is 1.94. The molecule has 1 nitrogen and oxygen atoms in total. The number of phenols is 1. The van der Waals surface area contributed by atoms with Crippen LogP contribution in [-0.2, 0) is 0 Å². The van der Waals surface area contributed by atoms with Crippen molar-refractivity contribution in [1.29, 1.82) is 0 Å². The van der Waals surface area contributed by atoms with E-state index in [4.69, 9.17) is 13.0 Å². The fourth-order valence-corrected chi connectivity index (χ4v) is 0.932. The molecule has 1 rings (SSSR count). The van der Waals surface area contributed by atoms with Crippen LogP contribution in [0.5, 0.6) is 5.75 Å². The van der Waals surface area contributed by atoms with Crippen molar-refractivity contribution in [1.82, 2.24) is 0 Å². The molecule has 2 heteroatoms. The van der Waals surface area contributed by atoms with E-state index in [9.17, 15) is 0 Å². The van der Waals surface area contributed by atoms with Crippen molar-refractivity contribution in [3.8, 4) is 5.75 Å². The topological polar surface area (TPSA) is 20.2 Å². The summed E-state index contributed by atoms with van der Waals surface area (Å²) in [6, 6.07) is 5.32. The molecule has 11 heavy (non-hydrogen) atoms. The molecule has 0 atom stereocenters.